The summed E-state index contributed by atoms with van der Waals surface area (Å²) < 4.78 is 0. The third kappa shape index (κ3) is 1.92. The van der Waals surface area contributed by atoms with E-state index in [0.717, 1.165) is 16.7 Å². The first-order valence-corrected chi connectivity index (χ1v) is 6.09. The average Bonchev–Trinajstić information content (AvgIpc) is 2.83. The van der Waals surface area contributed by atoms with Gasteiger partial charge in [0.1, 0.15) is 0 Å². The summed E-state index contributed by atoms with van der Waals surface area (Å²) >= 11 is 1.62. The highest BCUT2D eigenvalue weighted by atomic mass is 32.1. The largest absolute Gasteiger partial charge is 0.381 e. The number of nitrogens with zero attached hydrogens (tertiary/aromatic N) is 2. The molecule has 0 atom stereocenters. The van der Waals surface area contributed by atoms with Crippen molar-refractivity contribution < 1.29 is 0 Å². The number of anilines is 3. The lowest BCUT2D eigenvalue weighted by atomic mass is 10.3. The first-order chi connectivity index (χ1) is 8.33. The number of nitrogens with two attached hydrogens (primary N) is 1. The lowest BCUT2D eigenvalue weighted by Gasteiger charge is -2.07. The van der Waals surface area contributed by atoms with Gasteiger partial charge in [0.25, 0.3) is 0 Å². The molecule has 4 nitrogen and oxygen atoms in total. The minimum atomic E-state index is 0.412. The molecule has 2 heterocycles. The van der Waals surface area contributed by atoms with Crippen molar-refractivity contribution in [1.82, 2.24) is 9.97 Å². The number of nitrogens with one attached hydrogen (secondary N) is 1. The van der Waals surface area contributed by atoms with Crippen molar-refractivity contribution in [1.29, 1.82) is 0 Å². The van der Waals surface area contributed by atoms with Gasteiger partial charge in [-0.05, 0) is 23.6 Å². The van der Waals surface area contributed by atoms with Crippen LogP contribution in [0.3, 0.4) is 0 Å². The molecule has 17 heavy (non-hydrogen) atoms. The van der Waals surface area contributed by atoms with Crippen LogP contribution in [0.15, 0.2) is 41.1 Å². The van der Waals surface area contributed by atoms with Gasteiger partial charge in [-0.15, -0.1) is 0 Å². The van der Waals surface area contributed by atoms with Crippen molar-refractivity contribution in [3.63, 3.8) is 0 Å². The highest BCUT2D eigenvalue weighted by Crippen LogP contribution is 2.23. The van der Waals surface area contributed by atoms with Crippen molar-refractivity contribution in [2.75, 3.05) is 11.1 Å². The second kappa shape index (κ2) is 4.03. The lowest BCUT2D eigenvalue weighted by Crippen LogP contribution is -2.01. The molecule has 0 aliphatic rings. The van der Waals surface area contributed by atoms with Crippen LogP contribution in [-0.4, -0.2) is 9.97 Å². The number of aromatic nitrogens is 2. The van der Waals surface area contributed by atoms with Gasteiger partial charge in [-0.3, -0.25) is 0 Å². The maximum atomic E-state index is 5.87. The molecule has 0 amide bonds. The van der Waals surface area contributed by atoms with Gasteiger partial charge < -0.3 is 11.1 Å². The number of fused-ring (bicyclic) bond motifs is 1. The third-order valence-electron chi connectivity index (χ3n) is 2.38. The summed E-state index contributed by atoms with van der Waals surface area (Å²) in [6, 6.07) is 9.64. The summed E-state index contributed by atoms with van der Waals surface area (Å²) in [5.74, 6) is 1.01. The Bertz CT molecular complexity index is 649. The van der Waals surface area contributed by atoms with Crippen molar-refractivity contribution >= 4 is 39.7 Å². The summed E-state index contributed by atoms with van der Waals surface area (Å²) in [7, 11) is 0. The fourth-order valence-corrected chi connectivity index (χ4v) is 2.17. The second-order valence-electron chi connectivity index (χ2n) is 3.58. The number of rotatable bonds is 2. The van der Waals surface area contributed by atoms with Gasteiger partial charge in [0, 0.05) is 5.38 Å². The molecule has 0 spiro atoms. The molecule has 0 saturated carbocycles. The van der Waals surface area contributed by atoms with E-state index < -0.39 is 0 Å². The minimum absolute atomic E-state index is 0.412. The fraction of sp³-hybridized carbons (Fsp3) is 0. The van der Waals surface area contributed by atoms with Gasteiger partial charge in [-0.1, -0.05) is 12.1 Å². The van der Waals surface area contributed by atoms with Gasteiger partial charge >= 0.3 is 0 Å². The standard InChI is InChI=1S/C12H10N4S/c13-11-12(14-8-5-6-17-7-8)16-10-4-2-1-3-9(10)15-11/h1-7H,(H2,13,15)(H,14,16). The monoisotopic (exact) mass is 242 g/mol. The minimum Gasteiger partial charge on any atom is -0.381 e. The molecule has 0 aliphatic carbocycles. The number of nitrogen functional groups attached to an aromatic ring is 1. The Morgan fingerprint density at radius 3 is 2.53 bits per heavy atom. The first-order valence-electron chi connectivity index (χ1n) is 5.14. The lowest BCUT2D eigenvalue weighted by molar-refractivity contribution is 1.29. The number of hydrogen-bond donors (Lipinski definition) is 2. The molecule has 2 aromatic heterocycles. The quantitative estimate of drug-likeness (QED) is 0.725. The van der Waals surface area contributed by atoms with Crippen molar-refractivity contribution in [2.24, 2.45) is 0 Å². The SMILES string of the molecule is Nc1nc2ccccc2nc1Nc1ccsc1. The topological polar surface area (TPSA) is 63.8 Å². The van der Waals surface area contributed by atoms with Crippen molar-refractivity contribution in [2.45, 2.75) is 0 Å². The summed E-state index contributed by atoms with van der Waals surface area (Å²) in [4.78, 5) is 8.77. The summed E-state index contributed by atoms with van der Waals surface area (Å²) in [6.45, 7) is 0. The molecule has 5 heteroatoms. The fourth-order valence-electron chi connectivity index (χ4n) is 1.58. The zero-order chi connectivity index (χ0) is 11.7. The molecular weight excluding hydrogens is 232 g/mol. The van der Waals surface area contributed by atoms with Crippen LogP contribution in [0, 0.1) is 0 Å². The van der Waals surface area contributed by atoms with Crippen molar-refractivity contribution in [3.8, 4) is 0 Å². The molecule has 84 valence electrons. The Hall–Kier alpha value is -2.14. The summed E-state index contributed by atoms with van der Waals surface area (Å²) in [5, 5.41) is 7.15. The molecule has 0 aliphatic heterocycles. The van der Waals surface area contributed by atoms with E-state index in [2.05, 4.69) is 15.3 Å². The number of para-hydroxylation sites is 2. The predicted octanol–water partition coefficient (Wildman–Crippen LogP) is 3.02. The van der Waals surface area contributed by atoms with Crippen molar-refractivity contribution in [3.05, 3.63) is 41.1 Å². The molecule has 0 fully saturated rings. The number of hydrogen-bond acceptors (Lipinski definition) is 5. The molecule has 0 radical (unpaired) electrons. The first kappa shape index (κ1) is 10.0. The van der Waals surface area contributed by atoms with E-state index in [0.29, 0.717) is 11.6 Å². The van der Waals surface area contributed by atoms with Crippen LogP contribution in [0.25, 0.3) is 11.0 Å². The van der Waals surface area contributed by atoms with Crippen LogP contribution >= 0.6 is 11.3 Å². The number of benzene rings is 1. The van der Waals surface area contributed by atoms with E-state index in [9.17, 15) is 0 Å². The zero-order valence-corrected chi connectivity index (χ0v) is 9.74. The van der Waals surface area contributed by atoms with Gasteiger partial charge in [0.2, 0.25) is 0 Å². The molecule has 3 N–H and O–H groups in total. The molecule has 0 bridgehead atoms. The van der Waals surface area contributed by atoms with Crippen LogP contribution in [0.2, 0.25) is 0 Å². The van der Waals surface area contributed by atoms with E-state index in [1.54, 1.807) is 11.3 Å². The molecule has 3 rings (SSSR count). The highest BCUT2D eigenvalue weighted by Gasteiger charge is 2.05. The molecule has 0 unspecified atom stereocenters. The Morgan fingerprint density at radius 2 is 1.82 bits per heavy atom. The van der Waals surface area contributed by atoms with Crippen LogP contribution in [-0.2, 0) is 0 Å². The van der Waals surface area contributed by atoms with E-state index in [4.69, 9.17) is 5.73 Å². The van der Waals surface area contributed by atoms with E-state index in [1.165, 1.54) is 0 Å². The van der Waals surface area contributed by atoms with E-state index in [-0.39, 0.29) is 0 Å². The smallest absolute Gasteiger partial charge is 0.174 e. The Balaban J connectivity index is 2.07. The highest BCUT2D eigenvalue weighted by molar-refractivity contribution is 7.08. The van der Waals surface area contributed by atoms with E-state index >= 15 is 0 Å². The van der Waals surface area contributed by atoms with E-state index in [1.807, 2.05) is 41.1 Å². The van der Waals surface area contributed by atoms with Crippen LogP contribution in [0.4, 0.5) is 17.3 Å². The Labute approximate surface area is 102 Å². The molecule has 0 saturated heterocycles. The average molecular weight is 242 g/mol. The molecule has 3 aromatic rings. The molecule has 1 aromatic carbocycles. The maximum absolute atomic E-state index is 5.87. The van der Waals surface area contributed by atoms with Gasteiger partial charge in [-0.2, -0.15) is 11.3 Å². The van der Waals surface area contributed by atoms with Crippen LogP contribution in [0.5, 0.6) is 0 Å². The van der Waals surface area contributed by atoms with Gasteiger partial charge in [0.05, 0.1) is 16.7 Å². The maximum Gasteiger partial charge on any atom is 0.174 e. The normalized spacial score (nSPS) is 10.6. The zero-order valence-electron chi connectivity index (χ0n) is 8.92. The predicted molar refractivity (Wildman–Crippen MR) is 71.6 cm³/mol. The third-order valence-corrected chi connectivity index (χ3v) is 3.06. The second-order valence-corrected chi connectivity index (χ2v) is 4.36. The van der Waals surface area contributed by atoms with Crippen LogP contribution in [0.1, 0.15) is 0 Å². The summed E-state index contributed by atoms with van der Waals surface area (Å²) in [6.07, 6.45) is 0. The molecular formula is C12H10N4S. The van der Waals surface area contributed by atoms with Crippen LogP contribution < -0.4 is 11.1 Å². The number of thiophene rings is 1. The van der Waals surface area contributed by atoms with Gasteiger partial charge in [-0.25, -0.2) is 9.97 Å². The van der Waals surface area contributed by atoms with Gasteiger partial charge in [0.15, 0.2) is 11.6 Å². The Morgan fingerprint density at radius 1 is 1.06 bits per heavy atom. The summed E-state index contributed by atoms with van der Waals surface area (Å²) in [5.41, 5.74) is 8.49. The Kier molecular flexibility index (Phi) is 2.38.